The number of rotatable bonds is 0. The zero-order valence-corrected chi connectivity index (χ0v) is 7.72. The monoisotopic (exact) mass is 261 g/mol. The number of aromatic amines is 1. The number of hydrogen-bond acceptors (Lipinski definition) is 0. The van der Waals surface area contributed by atoms with Crippen LogP contribution in [0.25, 0.3) is 10.9 Å². The van der Waals surface area contributed by atoms with E-state index in [4.69, 9.17) is 0 Å². The minimum atomic E-state index is -0.189. The van der Waals surface area contributed by atoms with Crippen molar-refractivity contribution in [1.82, 2.24) is 4.98 Å². The highest BCUT2D eigenvalue weighted by molar-refractivity contribution is 14.1. The van der Waals surface area contributed by atoms with E-state index >= 15 is 0 Å². The highest BCUT2D eigenvalue weighted by Gasteiger charge is 2.03. The molecule has 0 bridgehead atoms. The van der Waals surface area contributed by atoms with Gasteiger partial charge in [0.2, 0.25) is 0 Å². The Morgan fingerprint density at radius 3 is 2.91 bits per heavy atom. The predicted octanol–water partition coefficient (Wildman–Crippen LogP) is 2.91. The van der Waals surface area contributed by atoms with Crippen LogP contribution >= 0.6 is 22.6 Å². The van der Waals surface area contributed by atoms with Crippen molar-refractivity contribution in [2.75, 3.05) is 0 Å². The average molecular weight is 261 g/mol. The molecule has 1 heterocycles. The molecule has 2 rings (SSSR count). The summed E-state index contributed by atoms with van der Waals surface area (Å²) >= 11 is 2.17. The van der Waals surface area contributed by atoms with Crippen LogP contribution in [0.15, 0.2) is 24.4 Å². The highest BCUT2D eigenvalue weighted by atomic mass is 127. The van der Waals surface area contributed by atoms with E-state index in [1.807, 2.05) is 6.07 Å². The van der Waals surface area contributed by atoms with Gasteiger partial charge in [-0.15, -0.1) is 0 Å². The largest absolute Gasteiger partial charge is 0.358 e. The molecule has 0 fully saturated rings. The Morgan fingerprint density at radius 2 is 2.18 bits per heavy atom. The quantitative estimate of drug-likeness (QED) is 0.702. The molecule has 0 aliphatic carbocycles. The van der Waals surface area contributed by atoms with E-state index in [0.717, 1.165) is 8.96 Å². The summed E-state index contributed by atoms with van der Waals surface area (Å²) in [5.41, 5.74) is 0.594. The lowest BCUT2D eigenvalue weighted by molar-refractivity contribution is 0.637. The van der Waals surface area contributed by atoms with Gasteiger partial charge in [-0.25, -0.2) is 4.39 Å². The molecule has 0 unspecified atom stereocenters. The molecule has 0 atom stereocenters. The Labute approximate surface area is 76.7 Å². The number of para-hydroxylation sites is 1. The molecule has 0 saturated carbocycles. The number of aromatic nitrogens is 1. The van der Waals surface area contributed by atoms with Crippen LogP contribution in [0, 0.1) is 9.39 Å². The number of fused-ring (bicyclic) bond motifs is 1. The van der Waals surface area contributed by atoms with Gasteiger partial charge >= 0.3 is 0 Å². The molecule has 1 N–H and O–H groups in total. The fraction of sp³-hybridized carbons (Fsp3) is 0. The van der Waals surface area contributed by atoms with E-state index in [-0.39, 0.29) is 5.82 Å². The maximum Gasteiger partial charge on any atom is 0.147 e. The molecule has 0 spiro atoms. The second-order valence-corrected chi connectivity index (χ2v) is 3.46. The lowest BCUT2D eigenvalue weighted by Gasteiger charge is -1.90. The topological polar surface area (TPSA) is 15.8 Å². The number of hydrogen-bond donors (Lipinski definition) is 1. The maximum absolute atomic E-state index is 13.0. The van der Waals surface area contributed by atoms with Gasteiger partial charge in [-0.2, -0.15) is 0 Å². The van der Waals surface area contributed by atoms with Crippen LogP contribution in [-0.4, -0.2) is 4.98 Å². The molecule has 0 amide bonds. The number of benzene rings is 1. The van der Waals surface area contributed by atoms with Crippen LogP contribution in [0.2, 0.25) is 0 Å². The summed E-state index contributed by atoms with van der Waals surface area (Å²) in [5, 5.41) is 0.950. The summed E-state index contributed by atoms with van der Waals surface area (Å²) in [6.07, 6.45) is 1.80. The molecule has 2 aromatic rings. The minimum Gasteiger partial charge on any atom is -0.358 e. The average Bonchev–Trinajstić information content (AvgIpc) is 2.35. The first-order valence-electron chi connectivity index (χ1n) is 3.20. The summed E-state index contributed by atoms with van der Waals surface area (Å²) in [7, 11) is 0. The van der Waals surface area contributed by atoms with Gasteiger partial charge < -0.3 is 4.98 Å². The summed E-state index contributed by atoms with van der Waals surface area (Å²) in [4.78, 5) is 2.87. The Kier molecular flexibility index (Phi) is 1.60. The van der Waals surface area contributed by atoms with Crippen molar-refractivity contribution in [3.63, 3.8) is 0 Å². The zero-order chi connectivity index (χ0) is 7.84. The molecular formula is C8H5FIN. The highest BCUT2D eigenvalue weighted by Crippen LogP contribution is 2.21. The summed E-state index contributed by atoms with van der Waals surface area (Å²) in [5.74, 6) is -0.189. The van der Waals surface area contributed by atoms with E-state index in [2.05, 4.69) is 27.6 Å². The van der Waals surface area contributed by atoms with Gasteiger partial charge in [-0.1, -0.05) is 12.1 Å². The van der Waals surface area contributed by atoms with E-state index in [0.29, 0.717) is 5.52 Å². The summed E-state index contributed by atoms with van der Waals surface area (Å²) in [6, 6.07) is 5.07. The molecule has 1 aromatic carbocycles. The third-order valence-electron chi connectivity index (χ3n) is 1.61. The second-order valence-electron chi connectivity index (χ2n) is 2.30. The molecule has 56 valence electrons. The van der Waals surface area contributed by atoms with E-state index in [1.54, 1.807) is 12.3 Å². The van der Waals surface area contributed by atoms with Crippen LogP contribution in [0.4, 0.5) is 4.39 Å². The summed E-state index contributed by atoms with van der Waals surface area (Å²) in [6.45, 7) is 0. The fourth-order valence-corrected chi connectivity index (χ4v) is 1.69. The molecule has 3 heteroatoms. The van der Waals surface area contributed by atoms with Gasteiger partial charge in [0.15, 0.2) is 0 Å². The lowest BCUT2D eigenvalue weighted by atomic mass is 10.2. The van der Waals surface area contributed by atoms with Crippen molar-refractivity contribution < 1.29 is 4.39 Å². The van der Waals surface area contributed by atoms with Gasteiger partial charge in [0.1, 0.15) is 5.82 Å². The van der Waals surface area contributed by atoms with E-state index in [1.165, 1.54) is 6.07 Å². The van der Waals surface area contributed by atoms with Crippen LogP contribution in [-0.2, 0) is 0 Å². The Bertz CT molecular complexity index is 394. The van der Waals surface area contributed by atoms with Crippen LogP contribution in [0.1, 0.15) is 0 Å². The van der Waals surface area contributed by atoms with Crippen molar-refractivity contribution in [1.29, 1.82) is 0 Å². The first kappa shape index (κ1) is 7.09. The van der Waals surface area contributed by atoms with Crippen molar-refractivity contribution in [3.8, 4) is 0 Å². The Balaban J connectivity index is 2.94. The minimum absolute atomic E-state index is 0.189. The Hall–Kier alpha value is -0.580. The van der Waals surface area contributed by atoms with Crippen molar-refractivity contribution in [2.45, 2.75) is 0 Å². The molecule has 0 aliphatic rings. The summed E-state index contributed by atoms with van der Waals surface area (Å²) < 4.78 is 14.0. The van der Waals surface area contributed by atoms with Crippen molar-refractivity contribution in [2.24, 2.45) is 0 Å². The SMILES string of the molecule is Fc1cccc2c(I)c[nH]c12. The van der Waals surface area contributed by atoms with E-state index < -0.39 is 0 Å². The van der Waals surface area contributed by atoms with E-state index in [9.17, 15) is 4.39 Å². The first-order chi connectivity index (χ1) is 5.29. The molecule has 0 aliphatic heterocycles. The van der Waals surface area contributed by atoms with Crippen LogP contribution < -0.4 is 0 Å². The fourth-order valence-electron chi connectivity index (χ4n) is 1.08. The third kappa shape index (κ3) is 1.03. The number of nitrogens with one attached hydrogen (secondary N) is 1. The standard InChI is InChI=1S/C8H5FIN/c9-6-3-1-2-5-7(10)4-11-8(5)6/h1-4,11H. The van der Waals surface area contributed by atoms with Crippen LogP contribution in [0.3, 0.4) is 0 Å². The Morgan fingerprint density at radius 1 is 1.36 bits per heavy atom. The normalized spacial score (nSPS) is 10.7. The lowest BCUT2D eigenvalue weighted by Crippen LogP contribution is -1.75. The smallest absolute Gasteiger partial charge is 0.147 e. The van der Waals surface area contributed by atoms with Gasteiger partial charge in [0.25, 0.3) is 0 Å². The number of H-pyrrole nitrogens is 1. The van der Waals surface area contributed by atoms with Gasteiger partial charge in [0.05, 0.1) is 5.52 Å². The molecule has 1 aromatic heterocycles. The van der Waals surface area contributed by atoms with Crippen LogP contribution in [0.5, 0.6) is 0 Å². The second kappa shape index (κ2) is 2.48. The predicted molar refractivity (Wildman–Crippen MR) is 51.0 cm³/mol. The zero-order valence-electron chi connectivity index (χ0n) is 5.57. The van der Waals surface area contributed by atoms with Crippen molar-refractivity contribution in [3.05, 3.63) is 33.8 Å². The maximum atomic E-state index is 13.0. The number of halogens is 2. The molecule has 0 saturated heterocycles. The van der Waals surface area contributed by atoms with Gasteiger partial charge in [-0.3, -0.25) is 0 Å². The molecular weight excluding hydrogens is 256 g/mol. The van der Waals surface area contributed by atoms with Crippen molar-refractivity contribution >= 4 is 33.5 Å². The van der Waals surface area contributed by atoms with Gasteiger partial charge in [-0.05, 0) is 28.7 Å². The molecule has 0 radical (unpaired) electrons. The van der Waals surface area contributed by atoms with Gasteiger partial charge in [0, 0.05) is 15.2 Å². The molecule has 11 heavy (non-hydrogen) atoms. The third-order valence-corrected chi connectivity index (χ3v) is 2.51. The molecule has 1 nitrogen and oxygen atoms in total. The first-order valence-corrected chi connectivity index (χ1v) is 4.28.